The van der Waals surface area contributed by atoms with E-state index in [1.165, 1.54) is 19.3 Å². The van der Waals surface area contributed by atoms with Gasteiger partial charge in [-0.3, -0.25) is 0 Å². The molecule has 0 amide bonds. The maximum absolute atomic E-state index is 6.27. The Morgan fingerprint density at radius 2 is 1.88 bits per heavy atom. The molecule has 1 fully saturated rings. The van der Waals surface area contributed by atoms with Crippen molar-refractivity contribution < 1.29 is 0 Å². The van der Waals surface area contributed by atoms with Crippen LogP contribution in [0.1, 0.15) is 33.1 Å². The summed E-state index contributed by atoms with van der Waals surface area (Å²) in [5.41, 5.74) is 7.57. The molecule has 88 valence electrons. The van der Waals surface area contributed by atoms with Gasteiger partial charge in [-0.05, 0) is 51.3 Å². The minimum atomic E-state index is 0.560. The summed E-state index contributed by atoms with van der Waals surface area (Å²) in [4.78, 5) is 2.42. The first-order valence-corrected chi connectivity index (χ1v) is 6.30. The Morgan fingerprint density at radius 1 is 1.25 bits per heavy atom. The van der Waals surface area contributed by atoms with Gasteiger partial charge < -0.3 is 10.6 Å². The zero-order valence-electron chi connectivity index (χ0n) is 9.91. The van der Waals surface area contributed by atoms with Crippen LogP contribution in [0.25, 0.3) is 0 Å². The van der Waals surface area contributed by atoms with Crippen molar-refractivity contribution in [1.29, 1.82) is 0 Å². The molecule has 1 saturated heterocycles. The lowest BCUT2D eigenvalue weighted by Crippen LogP contribution is -2.43. The molecule has 1 aromatic rings. The van der Waals surface area contributed by atoms with Gasteiger partial charge in [0.1, 0.15) is 0 Å². The maximum Gasteiger partial charge on any atom is 0.0660 e. The van der Waals surface area contributed by atoms with Crippen molar-refractivity contribution in [2.24, 2.45) is 0 Å². The summed E-state index contributed by atoms with van der Waals surface area (Å²) in [6, 6.07) is 6.92. The Kier molecular flexibility index (Phi) is 3.29. The molecule has 0 radical (unpaired) electrons. The van der Waals surface area contributed by atoms with E-state index >= 15 is 0 Å². The summed E-state index contributed by atoms with van der Waals surface area (Å²) in [5.74, 6) is 0. The molecule has 0 spiro atoms. The van der Waals surface area contributed by atoms with Crippen LogP contribution < -0.4 is 10.6 Å². The fourth-order valence-corrected chi connectivity index (χ4v) is 2.92. The van der Waals surface area contributed by atoms with E-state index in [0.29, 0.717) is 12.1 Å². The number of nitrogens with two attached hydrogens (primary N) is 1. The smallest absolute Gasteiger partial charge is 0.0660 e. The molecule has 2 N–H and O–H groups in total. The predicted octanol–water partition coefficient (Wildman–Crippen LogP) is 3.69. The number of hydrogen-bond acceptors (Lipinski definition) is 2. The standard InChI is InChI=1S/C13H19ClN2/c1-9-4-3-5-10(2)16(9)13-7-6-11(15)8-12(13)14/h6-10H,3-5,15H2,1-2H3/t9-,10-/m0/s1. The van der Waals surface area contributed by atoms with Crippen molar-refractivity contribution in [3.8, 4) is 0 Å². The SMILES string of the molecule is C[C@H]1CCC[C@H](C)N1c1ccc(N)cc1Cl. The Bertz CT molecular complexity index is 368. The first-order chi connectivity index (χ1) is 7.59. The van der Waals surface area contributed by atoms with Crippen molar-refractivity contribution >= 4 is 23.0 Å². The number of rotatable bonds is 1. The molecular formula is C13H19ClN2. The van der Waals surface area contributed by atoms with Crippen LogP contribution in [0.3, 0.4) is 0 Å². The summed E-state index contributed by atoms with van der Waals surface area (Å²) in [6.45, 7) is 4.53. The number of halogens is 1. The average molecular weight is 239 g/mol. The van der Waals surface area contributed by atoms with Gasteiger partial charge in [-0.15, -0.1) is 0 Å². The second-order valence-corrected chi connectivity index (χ2v) is 5.15. The van der Waals surface area contributed by atoms with E-state index in [4.69, 9.17) is 17.3 Å². The molecule has 0 bridgehead atoms. The van der Waals surface area contributed by atoms with E-state index in [2.05, 4.69) is 18.7 Å². The Hall–Kier alpha value is -0.890. The monoisotopic (exact) mass is 238 g/mol. The topological polar surface area (TPSA) is 29.3 Å². The fourth-order valence-electron chi connectivity index (χ4n) is 2.63. The van der Waals surface area contributed by atoms with Crippen LogP contribution in [0.5, 0.6) is 0 Å². The minimum absolute atomic E-state index is 0.560. The summed E-state index contributed by atoms with van der Waals surface area (Å²) in [5, 5.41) is 0.764. The second kappa shape index (κ2) is 4.54. The summed E-state index contributed by atoms with van der Waals surface area (Å²) in [6.07, 6.45) is 3.79. The van der Waals surface area contributed by atoms with Gasteiger partial charge in [0.05, 0.1) is 10.7 Å². The summed E-state index contributed by atoms with van der Waals surface area (Å²) in [7, 11) is 0. The van der Waals surface area contributed by atoms with Gasteiger partial charge in [-0.2, -0.15) is 0 Å². The molecule has 1 aliphatic rings. The van der Waals surface area contributed by atoms with E-state index in [-0.39, 0.29) is 0 Å². The van der Waals surface area contributed by atoms with Crippen LogP contribution in [0.15, 0.2) is 18.2 Å². The van der Waals surface area contributed by atoms with E-state index in [1.807, 2.05) is 18.2 Å². The van der Waals surface area contributed by atoms with Crippen molar-refractivity contribution in [2.45, 2.75) is 45.2 Å². The van der Waals surface area contributed by atoms with Crippen molar-refractivity contribution in [3.63, 3.8) is 0 Å². The first kappa shape index (κ1) is 11.6. The molecule has 0 saturated carbocycles. The van der Waals surface area contributed by atoms with Crippen LogP contribution in [-0.4, -0.2) is 12.1 Å². The first-order valence-electron chi connectivity index (χ1n) is 5.93. The molecule has 3 heteroatoms. The summed E-state index contributed by atoms with van der Waals surface area (Å²) < 4.78 is 0. The molecule has 2 nitrogen and oxygen atoms in total. The third-order valence-electron chi connectivity index (χ3n) is 3.44. The van der Waals surface area contributed by atoms with E-state index in [1.54, 1.807) is 0 Å². The van der Waals surface area contributed by atoms with Crippen molar-refractivity contribution in [2.75, 3.05) is 10.6 Å². The van der Waals surface area contributed by atoms with Crippen LogP contribution in [0.4, 0.5) is 11.4 Å². The van der Waals surface area contributed by atoms with Crippen LogP contribution in [0.2, 0.25) is 5.02 Å². The molecule has 2 rings (SSSR count). The number of nitrogen functional groups attached to an aromatic ring is 1. The summed E-state index contributed by atoms with van der Waals surface area (Å²) >= 11 is 6.27. The zero-order valence-corrected chi connectivity index (χ0v) is 10.7. The molecule has 0 aromatic heterocycles. The van der Waals surface area contributed by atoms with E-state index in [9.17, 15) is 0 Å². The highest BCUT2D eigenvalue weighted by Crippen LogP contribution is 2.34. The van der Waals surface area contributed by atoms with Crippen LogP contribution in [0, 0.1) is 0 Å². The van der Waals surface area contributed by atoms with Gasteiger partial charge in [-0.1, -0.05) is 11.6 Å². The molecule has 1 aliphatic heterocycles. The third kappa shape index (κ3) is 2.12. The highest BCUT2D eigenvalue weighted by Gasteiger charge is 2.26. The Balaban J connectivity index is 2.34. The quantitative estimate of drug-likeness (QED) is 0.757. The van der Waals surface area contributed by atoms with E-state index in [0.717, 1.165) is 16.4 Å². The van der Waals surface area contributed by atoms with Gasteiger partial charge in [-0.25, -0.2) is 0 Å². The molecular weight excluding hydrogens is 220 g/mol. The highest BCUT2D eigenvalue weighted by molar-refractivity contribution is 6.33. The number of hydrogen-bond donors (Lipinski definition) is 1. The molecule has 0 unspecified atom stereocenters. The number of anilines is 2. The van der Waals surface area contributed by atoms with Crippen LogP contribution >= 0.6 is 11.6 Å². The van der Waals surface area contributed by atoms with Gasteiger partial charge in [0.2, 0.25) is 0 Å². The average Bonchev–Trinajstić information content (AvgIpc) is 2.20. The number of piperidine rings is 1. The van der Waals surface area contributed by atoms with Gasteiger partial charge in [0, 0.05) is 17.8 Å². The lowest BCUT2D eigenvalue weighted by molar-refractivity contribution is 0.414. The molecule has 16 heavy (non-hydrogen) atoms. The van der Waals surface area contributed by atoms with Crippen LogP contribution in [-0.2, 0) is 0 Å². The predicted molar refractivity (Wildman–Crippen MR) is 71.1 cm³/mol. The lowest BCUT2D eigenvalue weighted by atomic mass is 9.96. The third-order valence-corrected chi connectivity index (χ3v) is 3.75. The van der Waals surface area contributed by atoms with Crippen molar-refractivity contribution in [1.82, 2.24) is 0 Å². The lowest BCUT2D eigenvalue weighted by Gasteiger charge is -2.41. The maximum atomic E-state index is 6.27. The molecule has 1 heterocycles. The molecule has 2 atom stereocenters. The number of nitrogens with zero attached hydrogens (tertiary/aromatic N) is 1. The van der Waals surface area contributed by atoms with Crippen molar-refractivity contribution in [3.05, 3.63) is 23.2 Å². The van der Waals surface area contributed by atoms with Gasteiger partial charge in [0.15, 0.2) is 0 Å². The Labute approximate surface area is 102 Å². The highest BCUT2D eigenvalue weighted by atomic mass is 35.5. The molecule has 0 aliphatic carbocycles. The van der Waals surface area contributed by atoms with Gasteiger partial charge in [0.25, 0.3) is 0 Å². The van der Waals surface area contributed by atoms with Gasteiger partial charge >= 0.3 is 0 Å². The van der Waals surface area contributed by atoms with E-state index < -0.39 is 0 Å². The Morgan fingerprint density at radius 3 is 2.44 bits per heavy atom. The minimum Gasteiger partial charge on any atom is -0.399 e. The largest absolute Gasteiger partial charge is 0.399 e. The number of benzene rings is 1. The zero-order chi connectivity index (χ0) is 11.7. The normalized spacial score (nSPS) is 25.8. The second-order valence-electron chi connectivity index (χ2n) is 4.75. The fraction of sp³-hybridized carbons (Fsp3) is 0.538. The molecule has 1 aromatic carbocycles.